The predicted molar refractivity (Wildman–Crippen MR) is 92.8 cm³/mol. The van der Waals surface area contributed by atoms with E-state index < -0.39 is 0 Å². The molecular formula is C17H20N2O2S2. The van der Waals surface area contributed by atoms with E-state index in [0.717, 1.165) is 35.7 Å². The third kappa shape index (κ3) is 3.20. The van der Waals surface area contributed by atoms with Crippen molar-refractivity contribution in [3.63, 3.8) is 0 Å². The van der Waals surface area contributed by atoms with Crippen LogP contribution in [0.5, 0.6) is 0 Å². The summed E-state index contributed by atoms with van der Waals surface area (Å²) in [6.45, 7) is 1.39. The van der Waals surface area contributed by atoms with E-state index in [0.29, 0.717) is 13.0 Å². The van der Waals surface area contributed by atoms with Crippen LogP contribution in [0.15, 0.2) is 22.2 Å². The lowest BCUT2D eigenvalue weighted by atomic mass is 9.90. The average Bonchev–Trinajstić information content (AvgIpc) is 3.25. The molecule has 2 aromatic heterocycles. The Hall–Kier alpha value is -1.24. The minimum absolute atomic E-state index is 0.201. The molecule has 2 aromatic rings. The molecule has 23 heavy (non-hydrogen) atoms. The first-order valence-electron chi connectivity index (χ1n) is 8.19. The maximum absolute atomic E-state index is 12.8. The van der Waals surface area contributed by atoms with Crippen LogP contribution in [0.1, 0.15) is 31.4 Å². The number of aromatic nitrogens is 1. The molecule has 2 fully saturated rings. The number of carbonyl (C=O) groups excluding carboxylic acids is 1. The lowest BCUT2D eigenvalue weighted by Crippen LogP contribution is -2.55. The molecule has 0 spiro atoms. The van der Waals surface area contributed by atoms with Crippen molar-refractivity contribution in [3.05, 3.63) is 27.9 Å². The second-order valence-electron chi connectivity index (χ2n) is 6.18. The van der Waals surface area contributed by atoms with Crippen molar-refractivity contribution >= 4 is 28.6 Å². The van der Waals surface area contributed by atoms with Crippen LogP contribution in [-0.4, -0.2) is 41.1 Å². The molecule has 2 atom stereocenters. The number of thiophene rings is 1. The van der Waals surface area contributed by atoms with Crippen molar-refractivity contribution in [2.75, 3.05) is 13.2 Å². The molecule has 122 valence electrons. The van der Waals surface area contributed by atoms with Crippen molar-refractivity contribution in [2.24, 2.45) is 0 Å². The van der Waals surface area contributed by atoms with Gasteiger partial charge in [-0.2, -0.15) is 11.3 Å². The molecule has 2 aliphatic rings. The quantitative estimate of drug-likeness (QED) is 0.851. The van der Waals surface area contributed by atoms with Crippen LogP contribution in [0, 0.1) is 0 Å². The zero-order valence-corrected chi connectivity index (χ0v) is 14.6. The van der Waals surface area contributed by atoms with Gasteiger partial charge in [-0.1, -0.05) is 12.8 Å². The number of thiazole rings is 1. The zero-order valence-electron chi connectivity index (χ0n) is 12.9. The van der Waals surface area contributed by atoms with Gasteiger partial charge in [-0.3, -0.25) is 4.79 Å². The monoisotopic (exact) mass is 348 g/mol. The van der Waals surface area contributed by atoms with Gasteiger partial charge in [0.15, 0.2) is 0 Å². The van der Waals surface area contributed by atoms with Crippen LogP contribution in [-0.2, 0) is 16.0 Å². The van der Waals surface area contributed by atoms with Crippen molar-refractivity contribution in [1.29, 1.82) is 0 Å². The summed E-state index contributed by atoms with van der Waals surface area (Å²) in [7, 11) is 0. The molecule has 1 saturated heterocycles. The van der Waals surface area contributed by atoms with Gasteiger partial charge in [0, 0.05) is 22.9 Å². The van der Waals surface area contributed by atoms with Crippen LogP contribution in [0.3, 0.4) is 0 Å². The lowest BCUT2D eigenvalue weighted by molar-refractivity contribution is -0.148. The minimum atomic E-state index is 0.201. The van der Waals surface area contributed by atoms with Crippen molar-refractivity contribution in [3.8, 4) is 10.6 Å². The third-order valence-electron chi connectivity index (χ3n) is 4.70. The number of carbonyl (C=O) groups is 1. The minimum Gasteiger partial charge on any atom is -0.374 e. The summed E-state index contributed by atoms with van der Waals surface area (Å²) in [4.78, 5) is 19.4. The van der Waals surface area contributed by atoms with Gasteiger partial charge in [0.25, 0.3) is 0 Å². The van der Waals surface area contributed by atoms with Crippen LogP contribution in [0.4, 0.5) is 0 Å². The number of morpholine rings is 1. The number of hydrogen-bond acceptors (Lipinski definition) is 5. The molecule has 0 radical (unpaired) electrons. The van der Waals surface area contributed by atoms with E-state index in [4.69, 9.17) is 4.74 Å². The van der Waals surface area contributed by atoms with Crippen molar-refractivity contribution < 1.29 is 9.53 Å². The Kier molecular flexibility index (Phi) is 4.46. The second kappa shape index (κ2) is 6.71. The number of hydrogen-bond donors (Lipinski definition) is 0. The maximum Gasteiger partial charge on any atom is 0.229 e. The highest BCUT2D eigenvalue weighted by molar-refractivity contribution is 7.14. The molecule has 0 unspecified atom stereocenters. The number of nitrogens with zero attached hydrogens (tertiary/aromatic N) is 2. The first-order chi connectivity index (χ1) is 11.3. The summed E-state index contributed by atoms with van der Waals surface area (Å²) >= 11 is 3.29. The summed E-state index contributed by atoms with van der Waals surface area (Å²) in [5, 5.41) is 7.17. The summed E-state index contributed by atoms with van der Waals surface area (Å²) in [5.41, 5.74) is 2.04. The Labute approximate surface area is 144 Å². The zero-order chi connectivity index (χ0) is 15.6. The van der Waals surface area contributed by atoms with Gasteiger partial charge in [0.1, 0.15) is 5.01 Å². The fourth-order valence-electron chi connectivity index (χ4n) is 3.57. The number of amides is 1. The molecule has 0 bridgehead atoms. The molecule has 3 heterocycles. The standard InChI is InChI=1S/C17H20N2O2S2/c20-16(19-6-7-21-15-4-2-1-3-14(15)19)9-13-11-23-17(18-13)12-5-8-22-10-12/h5,8,10-11,14-15H,1-4,6-7,9H2/t14-,15-/m0/s1. The smallest absolute Gasteiger partial charge is 0.229 e. The first-order valence-corrected chi connectivity index (χ1v) is 10.0. The Balaban J connectivity index is 1.45. The van der Waals surface area contributed by atoms with E-state index in [-0.39, 0.29) is 18.1 Å². The third-order valence-corrected chi connectivity index (χ3v) is 6.33. The summed E-state index contributed by atoms with van der Waals surface area (Å²) in [5.74, 6) is 0.201. The van der Waals surface area contributed by atoms with Crippen molar-refractivity contribution in [1.82, 2.24) is 9.88 Å². The molecule has 1 amide bonds. The normalized spacial score (nSPS) is 24.4. The molecular weight excluding hydrogens is 328 g/mol. The SMILES string of the molecule is O=C(Cc1csc(-c2ccsc2)n1)N1CCO[C@H]2CCCC[C@@H]21. The Morgan fingerprint density at radius 3 is 3.13 bits per heavy atom. The molecule has 0 N–H and O–H groups in total. The van der Waals surface area contributed by atoms with Gasteiger partial charge in [-0.15, -0.1) is 11.3 Å². The van der Waals surface area contributed by atoms with E-state index in [1.807, 2.05) is 5.38 Å². The average molecular weight is 348 g/mol. The van der Waals surface area contributed by atoms with Crippen molar-refractivity contribution in [2.45, 2.75) is 44.2 Å². The van der Waals surface area contributed by atoms with Crippen LogP contribution in [0.25, 0.3) is 10.6 Å². The fraction of sp³-hybridized carbons (Fsp3) is 0.529. The van der Waals surface area contributed by atoms with Gasteiger partial charge >= 0.3 is 0 Å². The molecule has 4 rings (SSSR count). The van der Waals surface area contributed by atoms with Gasteiger partial charge in [-0.05, 0) is 24.3 Å². The number of ether oxygens (including phenoxy) is 1. The lowest BCUT2D eigenvalue weighted by Gasteiger charge is -2.43. The number of rotatable bonds is 3. The van der Waals surface area contributed by atoms with Gasteiger partial charge in [-0.25, -0.2) is 4.98 Å². The van der Waals surface area contributed by atoms with Gasteiger partial charge in [0.05, 0.1) is 30.9 Å². The summed E-state index contributed by atoms with van der Waals surface area (Å²) in [6, 6.07) is 2.35. The molecule has 6 heteroatoms. The van der Waals surface area contributed by atoms with Crippen LogP contribution < -0.4 is 0 Å². The highest BCUT2D eigenvalue weighted by atomic mass is 32.1. The topological polar surface area (TPSA) is 42.4 Å². The predicted octanol–water partition coefficient (Wildman–Crippen LogP) is 3.58. The van der Waals surface area contributed by atoms with E-state index in [1.165, 1.54) is 12.8 Å². The molecule has 1 aliphatic carbocycles. The van der Waals surface area contributed by atoms with E-state index in [2.05, 4.69) is 26.7 Å². The Bertz CT molecular complexity index is 666. The fourth-order valence-corrected chi connectivity index (χ4v) is 5.10. The van der Waals surface area contributed by atoms with Gasteiger partial charge < -0.3 is 9.64 Å². The van der Waals surface area contributed by atoms with Crippen LogP contribution >= 0.6 is 22.7 Å². The first kappa shape index (κ1) is 15.3. The molecule has 0 aromatic carbocycles. The van der Waals surface area contributed by atoms with E-state index in [9.17, 15) is 4.79 Å². The Morgan fingerprint density at radius 2 is 2.26 bits per heavy atom. The maximum atomic E-state index is 12.8. The van der Waals surface area contributed by atoms with Gasteiger partial charge in [0.2, 0.25) is 5.91 Å². The largest absolute Gasteiger partial charge is 0.374 e. The molecule has 1 aliphatic heterocycles. The highest BCUT2D eigenvalue weighted by Crippen LogP contribution is 2.30. The molecule has 4 nitrogen and oxygen atoms in total. The summed E-state index contributed by atoms with van der Waals surface area (Å²) in [6.07, 6.45) is 5.25. The second-order valence-corrected chi connectivity index (χ2v) is 7.82. The Morgan fingerprint density at radius 1 is 1.35 bits per heavy atom. The highest BCUT2D eigenvalue weighted by Gasteiger charge is 2.36. The van der Waals surface area contributed by atoms with Crippen LogP contribution in [0.2, 0.25) is 0 Å². The van der Waals surface area contributed by atoms with E-state index >= 15 is 0 Å². The molecule has 1 saturated carbocycles. The van der Waals surface area contributed by atoms with E-state index in [1.54, 1.807) is 22.7 Å². The summed E-state index contributed by atoms with van der Waals surface area (Å²) < 4.78 is 5.86. The number of fused-ring (bicyclic) bond motifs is 1.